The van der Waals surface area contributed by atoms with Gasteiger partial charge in [0.05, 0.1) is 18.0 Å². The van der Waals surface area contributed by atoms with E-state index in [1.165, 1.54) is 6.26 Å². The van der Waals surface area contributed by atoms with E-state index >= 15 is 0 Å². The van der Waals surface area contributed by atoms with E-state index < -0.39 is 23.4 Å². The molecule has 8 heteroatoms. The molecule has 1 aliphatic rings. The third kappa shape index (κ3) is 3.10. The molecule has 2 N–H and O–H groups in total. The number of urea groups is 1. The molecule has 0 spiro atoms. The largest absolute Gasteiger partial charge is 0.467 e. The van der Waals surface area contributed by atoms with Crippen molar-refractivity contribution in [3.63, 3.8) is 0 Å². The van der Waals surface area contributed by atoms with Crippen molar-refractivity contribution in [3.8, 4) is 0 Å². The molecule has 0 aliphatic carbocycles. The van der Waals surface area contributed by atoms with E-state index in [1.807, 2.05) is 0 Å². The first-order valence-electron chi connectivity index (χ1n) is 7.80. The van der Waals surface area contributed by atoms with E-state index in [4.69, 9.17) is 4.42 Å². The van der Waals surface area contributed by atoms with Crippen molar-refractivity contribution in [1.29, 1.82) is 0 Å². The van der Waals surface area contributed by atoms with Crippen molar-refractivity contribution < 1.29 is 18.8 Å². The molecule has 25 heavy (non-hydrogen) atoms. The molecule has 2 aromatic heterocycles. The van der Waals surface area contributed by atoms with Gasteiger partial charge in [-0.3, -0.25) is 19.5 Å². The van der Waals surface area contributed by atoms with Crippen molar-refractivity contribution in [2.24, 2.45) is 0 Å². The minimum Gasteiger partial charge on any atom is -0.467 e. The molecule has 0 radical (unpaired) electrons. The van der Waals surface area contributed by atoms with Gasteiger partial charge in [-0.25, -0.2) is 4.79 Å². The lowest BCUT2D eigenvalue weighted by atomic mass is 9.97. The van der Waals surface area contributed by atoms with Gasteiger partial charge in [0.2, 0.25) is 5.91 Å². The Morgan fingerprint density at radius 1 is 1.36 bits per heavy atom. The minimum atomic E-state index is -1.29. The molecule has 130 valence electrons. The van der Waals surface area contributed by atoms with Crippen molar-refractivity contribution in [3.05, 3.63) is 54.2 Å². The average molecular weight is 342 g/mol. The quantitative estimate of drug-likeness (QED) is 0.798. The number of furan rings is 1. The molecule has 0 aromatic carbocycles. The van der Waals surface area contributed by atoms with Crippen LogP contribution in [0.1, 0.15) is 31.3 Å². The standard InChI is InChI=1S/C17H18N4O4/c1-11(12-6-5-9-25-12)19-14(22)10-21-15(23)17(2,20-16(21)24)13-7-3-4-8-18-13/h3-9,11H,10H2,1-2H3,(H,19,22)(H,20,24)/t11-,17-/m0/s1. The Morgan fingerprint density at radius 2 is 2.16 bits per heavy atom. The Balaban J connectivity index is 1.70. The maximum atomic E-state index is 12.7. The minimum absolute atomic E-state index is 0.370. The summed E-state index contributed by atoms with van der Waals surface area (Å²) < 4.78 is 5.22. The first-order valence-corrected chi connectivity index (χ1v) is 7.80. The van der Waals surface area contributed by atoms with Gasteiger partial charge in [0, 0.05) is 6.20 Å². The second-order valence-electron chi connectivity index (χ2n) is 5.97. The number of nitrogens with zero attached hydrogens (tertiary/aromatic N) is 2. The van der Waals surface area contributed by atoms with Crippen LogP contribution in [0.5, 0.6) is 0 Å². The average Bonchev–Trinajstić information content (AvgIpc) is 3.20. The Kier molecular flexibility index (Phi) is 4.26. The lowest BCUT2D eigenvalue weighted by molar-refractivity contribution is -0.135. The molecule has 1 saturated heterocycles. The van der Waals surface area contributed by atoms with Crippen LogP contribution in [0.4, 0.5) is 4.79 Å². The summed E-state index contributed by atoms with van der Waals surface area (Å²) >= 11 is 0. The zero-order chi connectivity index (χ0) is 18.0. The fourth-order valence-corrected chi connectivity index (χ4v) is 2.71. The van der Waals surface area contributed by atoms with E-state index in [2.05, 4.69) is 15.6 Å². The summed E-state index contributed by atoms with van der Waals surface area (Å²) in [5, 5.41) is 5.30. The van der Waals surface area contributed by atoms with Gasteiger partial charge in [-0.2, -0.15) is 0 Å². The number of carbonyl (C=O) groups excluding carboxylic acids is 3. The predicted octanol–water partition coefficient (Wildman–Crippen LogP) is 1.32. The summed E-state index contributed by atoms with van der Waals surface area (Å²) in [6.07, 6.45) is 3.05. The van der Waals surface area contributed by atoms with Gasteiger partial charge < -0.3 is 15.1 Å². The Bertz CT molecular complexity index is 790. The predicted molar refractivity (Wildman–Crippen MR) is 87.1 cm³/mol. The number of aromatic nitrogens is 1. The third-order valence-electron chi connectivity index (χ3n) is 4.10. The second-order valence-corrected chi connectivity index (χ2v) is 5.97. The highest BCUT2D eigenvalue weighted by Crippen LogP contribution is 2.27. The van der Waals surface area contributed by atoms with Crippen LogP contribution in [-0.2, 0) is 15.1 Å². The number of imide groups is 1. The molecule has 0 bridgehead atoms. The summed E-state index contributed by atoms with van der Waals surface area (Å²) in [5.41, 5.74) is -0.870. The fourth-order valence-electron chi connectivity index (χ4n) is 2.71. The number of hydrogen-bond donors (Lipinski definition) is 2. The van der Waals surface area contributed by atoms with E-state index in [-0.39, 0.29) is 12.6 Å². The van der Waals surface area contributed by atoms with E-state index in [9.17, 15) is 14.4 Å². The van der Waals surface area contributed by atoms with Crippen LogP contribution < -0.4 is 10.6 Å². The summed E-state index contributed by atoms with van der Waals surface area (Å²) in [6.45, 7) is 2.94. The Morgan fingerprint density at radius 3 is 2.80 bits per heavy atom. The van der Waals surface area contributed by atoms with E-state index in [0.29, 0.717) is 11.5 Å². The summed E-state index contributed by atoms with van der Waals surface area (Å²) in [7, 11) is 0. The Labute approximate surface area is 144 Å². The van der Waals surface area contributed by atoms with E-state index in [1.54, 1.807) is 50.4 Å². The van der Waals surface area contributed by atoms with Gasteiger partial charge in [0.15, 0.2) is 5.54 Å². The van der Waals surface area contributed by atoms with Crippen LogP contribution in [0, 0.1) is 0 Å². The van der Waals surface area contributed by atoms with Crippen LogP contribution in [0.15, 0.2) is 47.2 Å². The topological polar surface area (TPSA) is 105 Å². The highest BCUT2D eigenvalue weighted by molar-refractivity contribution is 6.08. The van der Waals surface area contributed by atoms with Gasteiger partial charge in [0.1, 0.15) is 12.3 Å². The first kappa shape index (κ1) is 16.7. The molecular weight excluding hydrogens is 324 g/mol. The smallest absolute Gasteiger partial charge is 0.325 e. The van der Waals surface area contributed by atoms with Crippen LogP contribution in [0.3, 0.4) is 0 Å². The number of nitrogens with one attached hydrogen (secondary N) is 2. The molecule has 8 nitrogen and oxygen atoms in total. The van der Waals surface area contributed by atoms with Gasteiger partial charge in [-0.05, 0) is 38.1 Å². The number of amides is 4. The van der Waals surface area contributed by atoms with Crippen LogP contribution >= 0.6 is 0 Å². The molecule has 3 rings (SSSR count). The van der Waals surface area contributed by atoms with Gasteiger partial charge in [-0.1, -0.05) is 6.07 Å². The van der Waals surface area contributed by atoms with Crippen molar-refractivity contribution in [2.45, 2.75) is 25.4 Å². The molecular formula is C17H18N4O4. The monoisotopic (exact) mass is 342 g/mol. The van der Waals surface area contributed by atoms with Crippen molar-refractivity contribution in [2.75, 3.05) is 6.54 Å². The van der Waals surface area contributed by atoms with Crippen molar-refractivity contribution >= 4 is 17.8 Å². The molecule has 1 aliphatic heterocycles. The highest BCUT2D eigenvalue weighted by atomic mass is 16.3. The lowest BCUT2D eigenvalue weighted by Crippen LogP contribution is -2.44. The van der Waals surface area contributed by atoms with Crippen LogP contribution in [-0.4, -0.2) is 34.3 Å². The van der Waals surface area contributed by atoms with E-state index in [0.717, 1.165) is 4.90 Å². The maximum absolute atomic E-state index is 12.7. The molecule has 4 amide bonds. The molecule has 2 aromatic rings. The zero-order valence-corrected chi connectivity index (χ0v) is 13.9. The normalized spacial score (nSPS) is 21.1. The summed E-state index contributed by atoms with van der Waals surface area (Å²) in [6, 6.07) is 7.55. The first-order chi connectivity index (χ1) is 11.9. The molecule has 3 heterocycles. The fraction of sp³-hybridized carbons (Fsp3) is 0.294. The maximum Gasteiger partial charge on any atom is 0.325 e. The molecule has 1 fully saturated rings. The SMILES string of the molecule is C[C@H](NC(=O)CN1C(=O)N[C@@](C)(c2ccccn2)C1=O)c1ccco1. The number of pyridine rings is 1. The zero-order valence-electron chi connectivity index (χ0n) is 13.9. The van der Waals surface area contributed by atoms with Gasteiger partial charge >= 0.3 is 6.03 Å². The third-order valence-corrected chi connectivity index (χ3v) is 4.10. The van der Waals surface area contributed by atoms with Crippen LogP contribution in [0.25, 0.3) is 0 Å². The summed E-state index contributed by atoms with van der Waals surface area (Å²) in [4.78, 5) is 42.1. The number of carbonyl (C=O) groups is 3. The molecule has 0 saturated carbocycles. The van der Waals surface area contributed by atoms with Gasteiger partial charge in [0.25, 0.3) is 5.91 Å². The van der Waals surface area contributed by atoms with Crippen LogP contribution in [0.2, 0.25) is 0 Å². The summed E-state index contributed by atoms with van der Waals surface area (Å²) in [5.74, 6) is -0.390. The van der Waals surface area contributed by atoms with Gasteiger partial charge in [-0.15, -0.1) is 0 Å². The lowest BCUT2D eigenvalue weighted by Gasteiger charge is -2.21. The Hall–Kier alpha value is -3.16. The van der Waals surface area contributed by atoms with Crippen molar-refractivity contribution in [1.82, 2.24) is 20.5 Å². The molecule has 2 atom stereocenters. The number of hydrogen-bond acceptors (Lipinski definition) is 5. The molecule has 0 unspecified atom stereocenters. The number of rotatable bonds is 5. The highest BCUT2D eigenvalue weighted by Gasteiger charge is 2.50. The second kappa shape index (κ2) is 6.39.